The normalized spacial score (nSPS) is 18.0. The molecule has 144 valence electrons. The van der Waals surface area contributed by atoms with Crippen LogP contribution in [-0.4, -0.2) is 32.8 Å². The fourth-order valence-electron chi connectivity index (χ4n) is 3.95. The van der Waals surface area contributed by atoms with Crippen LogP contribution >= 0.6 is 0 Å². The number of aryl methyl sites for hydroxylation is 1. The SMILES string of the molecule is CN=C(NCC1(c2ccccc2C)CCOCC1)NC(C)c1ccccc1. The molecule has 27 heavy (non-hydrogen) atoms. The number of ether oxygens (including phenoxy) is 1. The molecule has 4 nitrogen and oxygen atoms in total. The van der Waals surface area contributed by atoms with Gasteiger partial charge in [0, 0.05) is 32.2 Å². The van der Waals surface area contributed by atoms with Crippen LogP contribution in [0.4, 0.5) is 0 Å². The van der Waals surface area contributed by atoms with Gasteiger partial charge in [0.15, 0.2) is 5.96 Å². The third-order valence-corrected chi connectivity index (χ3v) is 5.64. The van der Waals surface area contributed by atoms with E-state index in [-0.39, 0.29) is 11.5 Å². The maximum atomic E-state index is 5.67. The largest absolute Gasteiger partial charge is 0.381 e. The molecule has 0 spiro atoms. The van der Waals surface area contributed by atoms with Crippen LogP contribution in [0.3, 0.4) is 0 Å². The number of hydrogen-bond donors (Lipinski definition) is 2. The van der Waals surface area contributed by atoms with Crippen molar-refractivity contribution in [3.63, 3.8) is 0 Å². The molecule has 1 unspecified atom stereocenters. The molecule has 2 aromatic carbocycles. The second kappa shape index (κ2) is 9.05. The van der Waals surface area contributed by atoms with Crippen LogP contribution in [-0.2, 0) is 10.2 Å². The lowest BCUT2D eigenvalue weighted by molar-refractivity contribution is 0.0511. The van der Waals surface area contributed by atoms with Crippen molar-refractivity contribution in [1.29, 1.82) is 0 Å². The van der Waals surface area contributed by atoms with Crippen LogP contribution in [0.1, 0.15) is 42.5 Å². The molecular formula is C23H31N3O. The zero-order valence-corrected chi connectivity index (χ0v) is 16.7. The van der Waals surface area contributed by atoms with Gasteiger partial charge in [-0.2, -0.15) is 0 Å². The van der Waals surface area contributed by atoms with E-state index in [1.807, 2.05) is 13.1 Å². The minimum atomic E-state index is 0.0806. The lowest BCUT2D eigenvalue weighted by Crippen LogP contribution is -2.48. The van der Waals surface area contributed by atoms with Crippen LogP contribution in [0.25, 0.3) is 0 Å². The van der Waals surface area contributed by atoms with Crippen LogP contribution < -0.4 is 10.6 Å². The van der Waals surface area contributed by atoms with E-state index >= 15 is 0 Å². The monoisotopic (exact) mass is 365 g/mol. The van der Waals surface area contributed by atoms with Crippen molar-refractivity contribution in [2.75, 3.05) is 26.8 Å². The summed E-state index contributed by atoms with van der Waals surface area (Å²) in [5.74, 6) is 0.839. The van der Waals surface area contributed by atoms with Crippen molar-refractivity contribution in [1.82, 2.24) is 10.6 Å². The molecule has 1 aliphatic rings. The average Bonchev–Trinajstić information content (AvgIpc) is 2.72. The summed E-state index contributed by atoms with van der Waals surface area (Å²) in [7, 11) is 1.83. The lowest BCUT2D eigenvalue weighted by Gasteiger charge is -2.39. The van der Waals surface area contributed by atoms with E-state index in [9.17, 15) is 0 Å². The highest BCUT2D eigenvalue weighted by molar-refractivity contribution is 5.80. The molecule has 0 amide bonds. The molecule has 0 bridgehead atoms. The molecule has 1 saturated heterocycles. The lowest BCUT2D eigenvalue weighted by atomic mass is 9.72. The Morgan fingerprint density at radius 3 is 2.41 bits per heavy atom. The molecule has 0 aromatic heterocycles. The zero-order chi connectivity index (χ0) is 19.1. The molecule has 4 heteroatoms. The third kappa shape index (κ3) is 4.69. The highest BCUT2D eigenvalue weighted by Crippen LogP contribution is 2.36. The number of nitrogens with zero attached hydrogens (tertiary/aromatic N) is 1. The molecule has 2 N–H and O–H groups in total. The average molecular weight is 366 g/mol. The van der Waals surface area contributed by atoms with Crippen LogP contribution in [0, 0.1) is 6.92 Å². The first kappa shape index (κ1) is 19.4. The summed E-state index contributed by atoms with van der Waals surface area (Å²) in [5.41, 5.74) is 4.10. The van der Waals surface area contributed by atoms with E-state index in [0.717, 1.165) is 38.6 Å². The fraction of sp³-hybridized carbons (Fsp3) is 0.435. The van der Waals surface area contributed by atoms with Gasteiger partial charge < -0.3 is 15.4 Å². The zero-order valence-electron chi connectivity index (χ0n) is 16.7. The maximum absolute atomic E-state index is 5.67. The van der Waals surface area contributed by atoms with Crippen molar-refractivity contribution >= 4 is 5.96 Å². The highest BCUT2D eigenvalue weighted by atomic mass is 16.5. The molecule has 1 aliphatic heterocycles. The fourth-order valence-corrected chi connectivity index (χ4v) is 3.95. The first-order chi connectivity index (χ1) is 13.1. The number of hydrogen-bond acceptors (Lipinski definition) is 2. The van der Waals surface area contributed by atoms with Gasteiger partial charge in [-0.05, 0) is 43.4 Å². The molecule has 0 aliphatic carbocycles. The van der Waals surface area contributed by atoms with Gasteiger partial charge in [0.1, 0.15) is 0 Å². The highest BCUT2D eigenvalue weighted by Gasteiger charge is 2.35. The predicted octanol–water partition coefficient (Wildman–Crippen LogP) is 3.97. The molecule has 0 radical (unpaired) electrons. The Morgan fingerprint density at radius 1 is 1.07 bits per heavy atom. The van der Waals surface area contributed by atoms with Gasteiger partial charge >= 0.3 is 0 Å². The van der Waals surface area contributed by atoms with E-state index < -0.39 is 0 Å². The van der Waals surface area contributed by atoms with E-state index in [0.29, 0.717) is 0 Å². The second-order valence-electron chi connectivity index (χ2n) is 7.41. The number of benzene rings is 2. The van der Waals surface area contributed by atoms with Crippen LogP contribution in [0.15, 0.2) is 59.6 Å². The Bertz CT molecular complexity index is 751. The van der Waals surface area contributed by atoms with Crippen molar-refractivity contribution in [2.24, 2.45) is 4.99 Å². The summed E-state index contributed by atoms with van der Waals surface area (Å²) in [5, 5.41) is 7.10. The molecule has 2 aromatic rings. The topological polar surface area (TPSA) is 45.7 Å². The van der Waals surface area contributed by atoms with Crippen LogP contribution in [0.5, 0.6) is 0 Å². The van der Waals surface area contributed by atoms with Crippen molar-refractivity contribution < 1.29 is 4.74 Å². The summed E-state index contributed by atoms with van der Waals surface area (Å²) < 4.78 is 5.67. The van der Waals surface area contributed by atoms with E-state index in [1.165, 1.54) is 16.7 Å². The number of aliphatic imine (C=N–C) groups is 1. The molecule has 1 heterocycles. The van der Waals surface area contributed by atoms with Gasteiger partial charge in [0.2, 0.25) is 0 Å². The summed E-state index contributed by atoms with van der Waals surface area (Å²) in [6.45, 7) is 6.83. The summed E-state index contributed by atoms with van der Waals surface area (Å²) in [6, 6.07) is 19.4. The Labute approximate surface area is 163 Å². The van der Waals surface area contributed by atoms with Crippen molar-refractivity contribution in [3.8, 4) is 0 Å². The summed E-state index contributed by atoms with van der Waals surface area (Å²) in [4.78, 5) is 4.45. The number of rotatable bonds is 5. The van der Waals surface area contributed by atoms with E-state index in [4.69, 9.17) is 4.74 Å². The molecular weight excluding hydrogens is 334 g/mol. The summed E-state index contributed by atoms with van der Waals surface area (Å²) in [6.07, 6.45) is 2.05. The molecule has 0 saturated carbocycles. The van der Waals surface area contributed by atoms with Gasteiger partial charge in [-0.1, -0.05) is 54.6 Å². The van der Waals surface area contributed by atoms with Crippen molar-refractivity contribution in [2.45, 2.75) is 38.1 Å². The number of nitrogens with one attached hydrogen (secondary N) is 2. The molecule has 1 fully saturated rings. The van der Waals surface area contributed by atoms with Gasteiger partial charge in [0.25, 0.3) is 0 Å². The number of guanidine groups is 1. The maximum Gasteiger partial charge on any atom is 0.191 e. The summed E-state index contributed by atoms with van der Waals surface area (Å²) >= 11 is 0. The van der Waals surface area contributed by atoms with Gasteiger partial charge in [-0.25, -0.2) is 0 Å². The van der Waals surface area contributed by atoms with E-state index in [2.05, 4.69) is 78.0 Å². The van der Waals surface area contributed by atoms with Gasteiger partial charge in [-0.3, -0.25) is 4.99 Å². The minimum Gasteiger partial charge on any atom is -0.381 e. The Morgan fingerprint density at radius 2 is 1.74 bits per heavy atom. The predicted molar refractivity (Wildman–Crippen MR) is 112 cm³/mol. The van der Waals surface area contributed by atoms with E-state index in [1.54, 1.807) is 0 Å². The van der Waals surface area contributed by atoms with Crippen molar-refractivity contribution in [3.05, 3.63) is 71.3 Å². The van der Waals surface area contributed by atoms with Crippen LogP contribution in [0.2, 0.25) is 0 Å². The first-order valence-corrected chi connectivity index (χ1v) is 9.81. The first-order valence-electron chi connectivity index (χ1n) is 9.81. The minimum absolute atomic E-state index is 0.0806. The van der Waals surface area contributed by atoms with Gasteiger partial charge in [-0.15, -0.1) is 0 Å². The van der Waals surface area contributed by atoms with Gasteiger partial charge in [0.05, 0.1) is 6.04 Å². The molecule has 1 atom stereocenters. The Balaban J connectivity index is 1.72. The quantitative estimate of drug-likeness (QED) is 0.622. The standard InChI is InChI=1S/C23H31N3O/c1-18-9-7-8-12-21(18)23(13-15-27-16-14-23)17-25-22(24-3)26-19(2)20-10-5-4-6-11-20/h4-12,19H,13-17H2,1-3H3,(H2,24,25,26). The Hall–Kier alpha value is -2.33. The molecule has 3 rings (SSSR count). The second-order valence-corrected chi connectivity index (χ2v) is 7.41. The third-order valence-electron chi connectivity index (χ3n) is 5.64. The Kier molecular flexibility index (Phi) is 6.51. The smallest absolute Gasteiger partial charge is 0.191 e.